The van der Waals surface area contributed by atoms with Crippen LogP contribution >= 0.6 is 11.6 Å². The average Bonchev–Trinajstić information content (AvgIpc) is 2.51. The molecule has 0 aliphatic carbocycles. The molecule has 0 amide bonds. The Labute approximate surface area is 132 Å². The molecular weight excluding hydrogens is 287 g/mol. The molecule has 2 rings (SSSR count). The number of likely N-dealkylation sites (tertiary alicyclic amines) is 1. The van der Waals surface area contributed by atoms with E-state index in [1.165, 1.54) is 18.9 Å². The highest BCUT2D eigenvalue weighted by Gasteiger charge is 2.34. The fourth-order valence-electron chi connectivity index (χ4n) is 3.55. The summed E-state index contributed by atoms with van der Waals surface area (Å²) in [4.78, 5) is 2.30. The van der Waals surface area contributed by atoms with Gasteiger partial charge in [0.15, 0.2) is 0 Å². The van der Waals surface area contributed by atoms with E-state index >= 15 is 0 Å². The second kappa shape index (κ2) is 7.08. The van der Waals surface area contributed by atoms with Crippen LogP contribution in [0, 0.1) is 11.2 Å². The molecular formula is C17H26ClFN2. The zero-order chi connectivity index (χ0) is 15.5. The summed E-state index contributed by atoms with van der Waals surface area (Å²) in [5, 5.41) is 0.480. The van der Waals surface area contributed by atoms with Gasteiger partial charge in [-0.2, -0.15) is 0 Å². The molecule has 0 bridgehead atoms. The smallest absolute Gasteiger partial charge is 0.129 e. The maximum atomic E-state index is 14.2. The Morgan fingerprint density at radius 3 is 2.38 bits per heavy atom. The molecule has 1 heterocycles. The largest absolute Gasteiger partial charge is 0.329 e. The van der Waals surface area contributed by atoms with Gasteiger partial charge >= 0.3 is 0 Å². The van der Waals surface area contributed by atoms with Gasteiger partial charge in [-0.1, -0.05) is 44.4 Å². The lowest BCUT2D eigenvalue weighted by Gasteiger charge is -2.44. The summed E-state index contributed by atoms with van der Waals surface area (Å²) in [5.41, 5.74) is 6.95. The van der Waals surface area contributed by atoms with Gasteiger partial charge in [-0.15, -0.1) is 0 Å². The van der Waals surface area contributed by atoms with Crippen molar-refractivity contribution in [3.8, 4) is 0 Å². The molecule has 4 heteroatoms. The zero-order valence-electron chi connectivity index (χ0n) is 13.0. The van der Waals surface area contributed by atoms with Crippen molar-refractivity contribution in [2.24, 2.45) is 11.1 Å². The van der Waals surface area contributed by atoms with Crippen molar-refractivity contribution < 1.29 is 4.39 Å². The first-order valence-electron chi connectivity index (χ1n) is 7.95. The Balaban J connectivity index is 2.17. The number of nitrogens with zero attached hydrogens (tertiary/aromatic N) is 1. The monoisotopic (exact) mass is 312 g/mol. The molecule has 0 saturated carbocycles. The Morgan fingerprint density at radius 1 is 1.29 bits per heavy atom. The Kier molecular flexibility index (Phi) is 5.64. The third kappa shape index (κ3) is 3.41. The highest BCUT2D eigenvalue weighted by Crippen LogP contribution is 2.40. The van der Waals surface area contributed by atoms with E-state index in [0.29, 0.717) is 22.5 Å². The third-order valence-electron chi connectivity index (χ3n) is 5.36. The van der Waals surface area contributed by atoms with Crippen molar-refractivity contribution in [2.45, 2.75) is 45.6 Å². The van der Waals surface area contributed by atoms with E-state index in [-0.39, 0.29) is 11.9 Å². The summed E-state index contributed by atoms with van der Waals surface area (Å²) in [5.74, 6) is -0.249. The number of benzene rings is 1. The molecule has 1 fully saturated rings. The number of rotatable bonds is 5. The summed E-state index contributed by atoms with van der Waals surface area (Å²) in [6.45, 7) is 6.87. The van der Waals surface area contributed by atoms with Gasteiger partial charge in [-0.05, 0) is 43.5 Å². The molecule has 0 aromatic heterocycles. The highest BCUT2D eigenvalue weighted by atomic mass is 35.5. The second-order valence-corrected chi connectivity index (χ2v) is 6.54. The number of nitrogens with two attached hydrogens (primary N) is 1. The van der Waals surface area contributed by atoms with E-state index in [9.17, 15) is 4.39 Å². The number of piperidine rings is 1. The fraction of sp³-hybridized carbons (Fsp3) is 0.647. The second-order valence-electron chi connectivity index (χ2n) is 6.13. The van der Waals surface area contributed by atoms with Crippen molar-refractivity contribution in [3.05, 3.63) is 34.6 Å². The van der Waals surface area contributed by atoms with E-state index in [2.05, 4.69) is 18.7 Å². The van der Waals surface area contributed by atoms with Gasteiger partial charge in [0, 0.05) is 17.1 Å². The molecule has 1 aromatic carbocycles. The van der Waals surface area contributed by atoms with Gasteiger partial charge in [-0.3, -0.25) is 4.90 Å². The molecule has 2 nitrogen and oxygen atoms in total. The van der Waals surface area contributed by atoms with Crippen molar-refractivity contribution >= 4 is 11.6 Å². The molecule has 1 unspecified atom stereocenters. The molecule has 2 N–H and O–H groups in total. The summed E-state index contributed by atoms with van der Waals surface area (Å²) in [6.07, 6.45) is 4.74. The fourth-order valence-corrected chi connectivity index (χ4v) is 3.83. The Morgan fingerprint density at radius 2 is 1.90 bits per heavy atom. The van der Waals surface area contributed by atoms with Crippen molar-refractivity contribution in [2.75, 3.05) is 19.6 Å². The molecule has 1 aromatic rings. The Bertz CT molecular complexity index is 444. The minimum absolute atomic E-state index is 0.120. The molecule has 1 aliphatic rings. The van der Waals surface area contributed by atoms with Crippen LogP contribution in [0.15, 0.2) is 18.2 Å². The number of halogens is 2. The van der Waals surface area contributed by atoms with Crippen molar-refractivity contribution in [1.82, 2.24) is 4.90 Å². The number of hydrogen-bond donors (Lipinski definition) is 1. The van der Waals surface area contributed by atoms with E-state index in [1.54, 1.807) is 12.1 Å². The van der Waals surface area contributed by atoms with Gasteiger partial charge in [0.1, 0.15) is 5.82 Å². The predicted molar refractivity (Wildman–Crippen MR) is 87.0 cm³/mol. The maximum Gasteiger partial charge on any atom is 0.129 e. The standard InChI is InChI=1S/C17H26ClFN2/c1-3-17(4-2)8-10-21(11-9-17)15(12-20)16-13(18)6-5-7-14(16)19/h5-7,15H,3-4,8-12,20H2,1-2H3. The van der Waals surface area contributed by atoms with Crippen molar-refractivity contribution in [1.29, 1.82) is 0 Å². The number of hydrogen-bond acceptors (Lipinski definition) is 2. The van der Waals surface area contributed by atoms with Crippen LogP contribution in [0.1, 0.15) is 51.1 Å². The van der Waals surface area contributed by atoms with Gasteiger partial charge in [0.05, 0.1) is 6.04 Å². The summed E-state index contributed by atoms with van der Waals surface area (Å²) >= 11 is 6.21. The highest BCUT2D eigenvalue weighted by molar-refractivity contribution is 6.31. The molecule has 0 radical (unpaired) electrons. The first-order valence-corrected chi connectivity index (χ1v) is 8.32. The summed E-state index contributed by atoms with van der Waals surface area (Å²) < 4.78 is 14.2. The van der Waals surface area contributed by atoms with Crippen LogP contribution in [0.4, 0.5) is 4.39 Å². The lowest BCUT2D eigenvalue weighted by molar-refractivity contribution is 0.0669. The van der Waals surface area contributed by atoms with Gasteiger partial charge in [-0.25, -0.2) is 4.39 Å². The molecule has 1 atom stereocenters. The van der Waals surface area contributed by atoms with E-state index in [1.807, 2.05) is 0 Å². The minimum Gasteiger partial charge on any atom is -0.329 e. The van der Waals surface area contributed by atoms with Crippen LogP contribution in [-0.4, -0.2) is 24.5 Å². The first-order chi connectivity index (χ1) is 10.1. The van der Waals surface area contributed by atoms with Crippen molar-refractivity contribution in [3.63, 3.8) is 0 Å². The lowest BCUT2D eigenvalue weighted by Crippen LogP contribution is -2.43. The average molecular weight is 313 g/mol. The van der Waals surface area contributed by atoms with Crippen LogP contribution in [0.5, 0.6) is 0 Å². The third-order valence-corrected chi connectivity index (χ3v) is 5.69. The van der Waals surface area contributed by atoms with Gasteiger partial charge < -0.3 is 5.73 Å². The van der Waals surface area contributed by atoms with E-state index < -0.39 is 0 Å². The lowest BCUT2D eigenvalue weighted by atomic mass is 9.74. The van der Waals surface area contributed by atoms with Crippen LogP contribution in [-0.2, 0) is 0 Å². The summed E-state index contributed by atoms with van der Waals surface area (Å²) in [6, 6.07) is 4.74. The molecule has 0 spiro atoms. The molecule has 21 heavy (non-hydrogen) atoms. The quantitative estimate of drug-likeness (QED) is 0.874. The van der Waals surface area contributed by atoms with E-state index in [0.717, 1.165) is 25.9 Å². The van der Waals surface area contributed by atoms with Gasteiger partial charge in [0.25, 0.3) is 0 Å². The molecule has 118 valence electrons. The first kappa shape index (κ1) is 16.7. The van der Waals surface area contributed by atoms with Gasteiger partial charge in [0.2, 0.25) is 0 Å². The topological polar surface area (TPSA) is 29.3 Å². The van der Waals surface area contributed by atoms with Crippen LogP contribution in [0.3, 0.4) is 0 Å². The zero-order valence-corrected chi connectivity index (χ0v) is 13.8. The maximum absolute atomic E-state index is 14.2. The minimum atomic E-state index is -0.249. The molecule has 1 saturated heterocycles. The van der Waals surface area contributed by atoms with Crippen LogP contribution in [0.25, 0.3) is 0 Å². The van der Waals surface area contributed by atoms with Crippen LogP contribution < -0.4 is 5.73 Å². The predicted octanol–water partition coefficient (Wildman–Crippen LogP) is 4.38. The normalized spacial score (nSPS) is 20.4. The summed E-state index contributed by atoms with van der Waals surface area (Å²) in [7, 11) is 0. The SMILES string of the molecule is CCC1(CC)CCN(C(CN)c2c(F)cccc2Cl)CC1. The Hall–Kier alpha value is -0.640. The molecule has 1 aliphatic heterocycles. The van der Waals surface area contributed by atoms with Crippen LogP contribution in [0.2, 0.25) is 5.02 Å². The van der Waals surface area contributed by atoms with E-state index in [4.69, 9.17) is 17.3 Å².